The van der Waals surface area contributed by atoms with Crippen molar-refractivity contribution in [3.63, 3.8) is 0 Å². The maximum atomic E-state index is 11.0. The van der Waals surface area contributed by atoms with Crippen LogP contribution in [0.25, 0.3) is 11.0 Å². The smallest absolute Gasteiger partial charge is 0.303 e. The van der Waals surface area contributed by atoms with Gasteiger partial charge in [0.15, 0.2) is 12.0 Å². The van der Waals surface area contributed by atoms with Crippen molar-refractivity contribution in [2.45, 2.75) is 89.9 Å². The number of nitrogens with zero attached hydrogens (tertiary/aromatic N) is 4. The number of hydrogen-bond acceptors (Lipinski definition) is 10. The second-order valence-corrected chi connectivity index (χ2v) is 11.8. The summed E-state index contributed by atoms with van der Waals surface area (Å²) < 4.78 is 32.4. The van der Waals surface area contributed by atoms with Gasteiger partial charge in [0.2, 0.25) is 0 Å². The van der Waals surface area contributed by atoms with Crippen molar-refractivity contribution < 1.29 is 33.6 Å². The third-order valence-corrected chi connectivity index (χ3v) is 8.08. The van der Waals surface area contributed by atoms with Crippen LogP contribution < -0.4 is 14.8 Å². The maximum absolute atomic E-state index is 11.0. The molecule has 3 aromatic rings. The number of anilines is 1. The molecule has 1 aromatic carbocycles. The molecule has 12 heteroatoms. The van der Waals surface area contributed by atoms with E-state index >= 15 is 0 Å². The molecule has 0 radical (unpaired) electrons. The zero-order valence-corrected chi connectivity index (χ0v) is 25.8. The van der Waals surface area contributed by atoms with Crippen molar-refractivity contribution in [2.75, 3.05) is 32.6 Å². The van der Waals surface area contributed by atoms with E-state index in [9.17, 15) is 4.79 Å². The summed E-state index contributed by atoms with van der Waals surface area (Å²) in [5, 5.41) is 13.3. The molecular weight excluding hydrogens is 554 g/mol. The zero-order chi connectivity index (χ0) is 30.7. The Morgan fingerprint density at radius 1 is 1.14 bits per heavy atom. The lowest BCUT2D eigenvalue weighted by Gasteiger charge is -2.31. The van der Waals surface area contributed by atoms with Crippen LogP contribution in [0.3, 0.4) is 0 Å². The van der Waals surface area contributed by atoms with Gasteiger partial charge in [-0.3, -0.25) is 9.69 Å². The van der Waals surface area contributed by atoms with Gasteiger partial charge in [-0.2, -0.15) is 0 Å². The molecule has 12 nitrogen and oxygen atoms in total. The van der Waals surface area contributed by atoms with Crippen LogP contribution in [-0.4, -0.2) is 88.0 Å². The Labute approximate surface area is 252 Å². The van der Waals surface area contributed by atoms with Gasteiger partial charge in [0.25, 0.3) is 0 Å². The first-order valence-corrected chi connectivity index (χ1v) is 14.8. The number of fused-ring (bicyclic) bond motifs is 2. The van der Waals surface area contributed by atoms with Gasteiger partial charge in [0.1, 0.15) is 47.6 Å². The molecule has 0 bridgehead atoms. The Kier molecular flexibility index (Phi) is 9.40. The first-order chi connectivity index (χ1) is 20.6. The lowest BCUT2D eigenvalue weighted by molar-refractivity contribution is -0.198. The highest BCUT2D eigenvalue weighted by atomic mass is 16.8. The molecule has 0 saturated carbocycles. The monoisotopic (exact) mass is 597 g/mol. The summed E-state index contributed by atoms with van der Waals surface area (Å²) in [7, 11) is 3.27. The second-order valence-electron chi connectivity index (χ2n) is 11.8. The van der Waals surface area contributed by atoms with E-state index in [-0.39, 0.29) is 30.8 Å². The van der Waals surface area contributed by atoms with Crippen molar-refractivity contribution >= 4 is 22.8 Å². The molecule has 2 saturated heterocycles. The topological polar surface area (TPSA) is 129 Å². The number of hydrogen-bond donors (Lipinski definition) is 2. The Bertz CT molecular complexity index is 1410. The number of ether oxygens (including phenoxy) is 5. The van der Waals surface area contributed by atoms with Crippen LogP contribution in [-0.2, 0) is 25.5 Å². The number of carboxylic acid groups (broad SMARTS) is 1. The summed E-state index contributed by atoms with van der Waals surface area (Å²) in [4.78, 5) is 22.4. The predicted molar refractivity (Wildman–Crippen MR) is 160 cm³/mol. The summed E-state index contributed by atoms with van der Waals surface area (Å²) in [5.41, 5.74) is 1.70. The van der Waals surface area contributed by atoms with Crippen molar-refractivity contribution in [2.24, 2.45) is 0 Å². The van der Waals surface area contributed by atoms with E-state index in [2.05, 4.69) is 34.0 Å². The summed E-state index contributed by atoms with van der Waals surface area (Å²) in [6.45, 7) is 10.1. The van der Waals surface area contributed by atoms with Crippen molar-refractivity contribution in [1.29, 1.82) is 0 Å². The van der Waals surface area contributed by atoms with Gasteiger partial charge in [-0.1, -0.05) is 0 Å². The third kappa shape index (κ3) is 6.87. The summed E-state index contributed by atoms with van der Waals surface area (Å²) in [5.74, 6) is 0.642. The fourth-order valence-electron chi connectivity index (χ4n) is 5.91. The summed E-state index contributed by atoms with van der Waals surface area (Å²) in [6.07, 6.45) is 3.85. The molecule has 0 aliphatic carbocycles. The number of unbranched alkanes of at least 4 members (excludes halogenated alkanes) is 1. The number of methoxy groups -OCH3 is 2. The number of aliphatic carboxylic acids is 1. The van der Waals surface area contributed by atoms with Crippen molar-refractivity contribution in [1.82, 2.24) is 19.4 Å². The Balaban J connectivity index is 1.35. The molecule has 5 rings (SSSR count). The normalized spacial score (nSPS) is 22.8. The lowest BCUT2D eigenvalue weighted by Crippen LogP contribution is -2.43. The van der Waals surface area contributed by atoms with Gasteiger partial charge in [0, 0.05) is 43.4 Å². The van der Waals surface area contributed by atoms with E-state index in [1.54, 1.807) is 20.5 Å². The first-order valence-electron chi connectivity index (χ1n) is 14.8. The maximum Gasteiger partial charge on any atom is 0.303 e. The fraction of sp³-hybridized carbons (Fsp3) is 0.581. The van der Waals surface area contributed by atoms with Crippen molar-refractivity contribution in [3.05, 3.63) is 42.4 Å². The molecule has 2 fully saturated rings. The molecule has 4 atom stereocenters. The van der Waals surface area contributed by atoms with Gasteiger partial charge in [-0.05, 0) is 65.3 Å². The molecule has 43 heavy (non-hydrogen) atoms. The van der Waals surface area contributed by atoms with Crippen LogP contribution in [0.15, 0.2) is 36.8 Å². The van der Waals surface area contributed by atoms with Crippen LogP contribution in [0.1, 0.15) is 58.7 Å². The largest absolute Gasteiger partial charge is 0.497 e. The van der Waals surface area contributed by atoms with Crippen LogP contribution in [0, 0.1) is 0 Å². The number of carbonyl (C=O) groups is 1. The number of carboxylic acids is 1. The van der Waals surface area contributed by atoms with Gasteiger partial charge in [0.05, 0.1) is 19.6 Å². The molecule has 0 amide bonds. The van der Waals surface area contributed by atoms with Crippen LogP contribution in [0.5, 0.6) is 11.5 Å². The average molecular weight is 598 g/mol. The van der Waals surface area contributed by atoms with Crippen molar-refractivity contribution in [3.8, 4) is 11.5 Å². The minimum Gasteiger partial charge on any atom is -0.497 e. The average Bonchev–Trinajstić information content (AvgIpc) is 3.64. The van der Waals surface area contributed by atoms with E-state index in [1.165, 1.54) is 0 Å². The van der Waals surface area contributed by atoms with E-state index < -0.39 is 18.0 Å². The van der Waals surface area contributed by atoms with Crippen LogP contribution in [0.4, 0.5) is 5.82 Å². The minimum atomic E-state index is -0.763. The third-order valence-electron chi connectivity index (χ3n) is 8.08. The molecule has 2 aliphatic rings. The Morgan fingerprint density at radius 3 is 2.65 bits per heavy atom. The van der Waals surface area contributed by atoms with Gasteiger partial charge in [-0.25, -0.2) is 9.97 Å². The Morgan fingerprint density at radius 2 is 1.93 bits per heavy atom. The first kappa shape index (κ1) is 31.0. The highest BCUT2D eigenvalue weighted by Gasteiger charge is 2.56. The molecular formula is C31H43N5O7. The summed E-state index contributed by atoms with van der Waals surface area (Å²) in [6, 6.07) is 7.97. The molecule has 2 aliphatic heterocycles. The quantitative estimate of drug-likeness (QED) is 0.256. The van der Waals surface area contributed by atoms with Gasteiger partial charge < -0.3 is 38.7 Å². The number of aromatic nitrogens is 3. The number of nitrogens with one attached hydrogen (secondary N) is 1. The molecule has 234 valence electrons. The van der Waals surface area contributed by atoms with E-state index in [4.69, 9.17) is 28.8 Å². The van der Waals surface area contributed by atoms with Gasteiger partial charge >= 0.3 is 5.97 Å². The fourth-order valence-corrected chi connectivity index (χ4v) is 5.91. The molecule has 2 aromatic heterocycles. The van der Waals surface area contributed by atoms with Crippen LogP contribution >= 0.6 is 0 Å². The molecule has 0 spiro atoms. The van der Waals surface area contributed by atoms with Gasteiger partial charge in [-0.15, -0.1) is 0 Å². The Hall–Kier alpha value is -3.45. The molecule has 0 unspecified atom stereocenters. The SMILES string of the molecule is COc1ccc(CNc2ncnc3c2ccn3[C@@H]2O[C@H](CN(CCCCC(=O)O)C(C)C)[C@H]3OC(C)(C)O[C@H]32)c(OC)c1. The van der Waals surface area contributed by atoms with Crippen LogP contribution in [0.2, 0.25) is 0 Å². The minimum absolute atomic E-state index is 0.177. The zero-order valence-electron chi connectivity index (χ0n) is 25.8. The lowest BCUT2D eigenvalue weighted by atomic mass is 10.1. The highest BCUT2D eigenvalue weighted by Crippen LogP contribution is 2.44. The predicted octanol–water partition coefficient (Wildman–Crippen LogP) is 4.44. The second kappa shape index (κ2) is 13.0. The highest BCUT2D eigenvalue weighted by molar-refractivity contribution is 5.87. The molecule has 4 heterocycles. The summed E-state index contributed by atoms with van der Waals surface area (Å²) >= 11 is 0. The van der Waals surface area contributed by atoms with E-state index in [0.717, 1.165) is 41.1 Å². The van der Waals surface area contributed by atoms with E-state index in [0.29, 0.717) is 25.3 Å². The number of benzene rings is 1. The van der Waals surface area contributed by atoms with E-state index in [1.807, 2.05) is 48.9 Å². The standard InChI is InChI=1S/C31H43N5O7/c1-19(2)35(13-8-7-9-25(37)38)17-24-26-27(43-31(3,4)42-26)30(41-24)36-14-12-22-28(33-18-34-29(22)36)32-16-20-10-11-21(39-5)15-23(20)40-6/h10-12,14-15,18-19,24,26-27,30H,7-9,13,16-17H2,1-6H3,(H,37,38)(H,32,33,34)/t24-,26-,27-,30-/m1/s1. The molecule has 2 N–H and O–H groups in total. The number of rotatable bonds is 14.